The third kappa shape index (κ3) is 2.12. The Morgan fingerprint density at radius 1 is 1.05 bits per heavy atom. The SMILES string of the molecule is Cn1cc(-c2csc(-c3ccc(F)cc3)n2)c2ccccc21. The molecule has 2 aromatic heterocycles. The maximum absolute atomic E-state index is 13.0. The van der Waals surface area contributed by atoms with Gasteiger partial charge < -0.3 is 4.57 Å². The summed E-state index contributed by atoms with van der Waals surface area (Å²) in [5.41, 5.74) is 4.22. The molecule has 0 atom stereocenters. The van der Waals surface area contributed by atoms with E-state index in [1.54, 1.807) is 23.5 Å². The van der Waals surface area contributed by atoms with E-state index in [0.29, 0.717) is 0 Å². The fourth-order valence-electron chi connectivity index (χ4n) is 2.67. The summed E-state index contributed by atoms with van der Waals surface area (Å²) in [4.78, 5) is 4.73. The van der Waals surface area contributed by atoms with Gasteiger partial charge in [-0.3, -0.25) is 0 Å². The van der Waals surface area contributed by atoms with Crippen LogP contribution in [-0.4, -0.2) is 9.55 Å². The number of hydrogen-bond donors (Lipinski definition) is 0. The summed E-state index contributed by atoms with van der Waals surface area (Å²) >= 11 is 1.58. The van der Waals surface area contributed by atoms with Gasteiger partial charge in [0.25, 0.3) is 0 Å². The predicted molar refractivity (Wildman–Crippen MR) is 89.4 cm³/mol. The van der Waals surface area contributed by atoms with Crippen molar-refractivity contribution in [3.8, 4) is 21.8 Å². The van der Waals surface area contributed by atoms with Crippen LogP contribution in [0.15, 0.2) is 60.1 Å². The minimum absolute atomic E-state index is 0.227. The second kappa shape index (κ2) is 5.07. The van der Waals surface area contributed by atoms with E-state index in [1.807, 2.05) is 19.2 Å². The molecule has 0 saturated heterocycles. The van der Waals surface area contributed by atoms with Crippen molar-refractivity contribution in [2.45, 2.75) is 0 Å². The zero-order chi connectivity index (χ0) is 15.1. The first-order chi connectivity index (χ1) is 10.7. The summed E-state index contributed by atoms with van der Waals surface area (Å²) in [6.45, 7) is 0. The highest BCUT2D eigenvalue weighted by molar-refractivity contribution is 7.13. The van der Waals surface area contributed by atoms with Crippen LogP contribution < -0.4 is 0 Å². The molecule has 2 nitrogen and oxygen atoms in total. The van der Waals surface area contributed by atoms with Crippen molar-refractivity contribution in [3.63, 3.8) is 0 Å². The first-order valence-electron chi connectivity index (χ1n) is 6.98. The molecule has 0 saturated carbocycles. The maximum Gasteiger partial charge on any atom is 0.124 e. The van der Waals surface area contributed by atoms with E-state index in [4.69, 9.17) is 4.98 Å². The van der Waals surface area contributed by atoms with Crippen molar-refractivity contribution in [2.24, 2.45) is 7.05 Å². The van der Waals surface area contributed by atoms with Gasteiger partial charge in [-0.25, -0.2) is 9.37 Å². The van der Waals surface area contributed by atoms with Gasteiger partial charge in [0.05, 0.1) is 5.69 Å². The largest absolute Gasteiger partial charge is 0.350 e. The Hall–Kier alpha value is -2.46. The van der Waals surface area contributed by atoms with Crippen LogP contribution in [0.25, 0.3) is 32.7 Å². The van der Waals surface area contributed by atoms with Crippen molar-refractivity contribution in [3.05, 3.63) is 65.9 Å². The fraction of sp³-hybridized carbons (Fsp3) is 0.0556. The molecule has 0 radical (unpaired) electrons. The van der Waals surface area contributed by atoms with Crippen molar-refractivity contribution in [1.29, 1.82) is 0 Å². The van der Waals surface area contributed by atoms with Gasteiger partial charge in [-0.05, 0) is 30.3 Å². The molecule has 0 aliphatic heterocycles. The third-order valence-electron chi connectivity index (χ3n) is 3.77. The molecule has 0 unspecified atom stereocenters. The number of rotatable bonds is 2. The highest BCUT2D eigenvalue weighted by Crippen LogP contribution is 2.33. The molecule has 4 heteroatoms. The van der Waals surface area contributed by atoms with Gasteiger partial charge >= 0.3 is 0 Å². The molecule has 0 fully saturated rings. The summed E-state index contributed by atoms with van der Waals surface area (Å²) < 4.78 is 15.1. The van der Waals surface area contributed by atoms with Crippen LogP contribution in [0.5, 0.6) is 0 Å². The second-order valence-electron chi connectivity index (χ2n) is 5.22. The Morgan fingerprint density at radius 3 is 2.64 bits per heavy atom. The first-order valence-corrected chi connectivity index (χ1v) is 7.86. The molecule has 0 spiro atoms. The summed E-state index contributed by atoms with van der Waals surface area (Å²) in [6.07, 6.45) is 2.11. The highest BCUT2D eigenvalue weighted by atomic mass is 32.1. The van der Waals surface area contributed by atoms with Gasteiger partial charge in [0.1, 0.15) is 10.8 Å². The maximum atomic E-state index is 13.0. The molecule has 22 heavy (non-hydrogen) atoms. The molecule has 4 rings (SSSR count). The standard InChI is InChI=1S/C18H13FN2S/c1-21-10-15(14-4-2-3-5-17(14)21)16-11-22-18(20-16)12-6-8-13(19)9-7-12/h2-11H,1H3. The molecular weight excluding hydrogens is 295 g/mol. The summed E-state index contributed by atoms with van der Waals surface area (Å²) in [6, 6.07) is 14.8. The molecule has 0 aliphatic carbocycles. The van der Waals surface area contributed by atoms with Crippen LogP contribution >= 0.6 is 11.3 Å². The van der Waals surface area contributed by atoms with Crippen molar-refractivity contribution in [1.82, 2.24) is 9.55 Å². The summed E-state index contributed by atoms with van der Waals surface area (Å²) in [7, 11) is 2.04. The van der Waals surface area contributed by atoms with Crippen LogP contribution in [0.1, 0.15) is 0 Å². The number of thiazole rings is 1. The third-order valence-corrected chi connectivity index (χ3v) is 4.66. The minimum atomic E-state index is -0.227. The Kier molecular flexibility index (Phi) is 3.05. The quantitative estimate of drug-likeness (QED) is 0.503. The molecule has 108 valence electrons. The number of para-hydroxylation sites is 1. The van der Waals surface area contributed by atoms with E-state index < -0.39 is 0 Å². The number of halogens is 1. The van der Waals surface area contributed by atoms with E-state index in [2.05, 4.69) is 28.3 Å². The number of nitrogens with zero attached hydrogens (tertiary/aromatic N) is 2. The lowest BCUT2D eigenvalue weighted by Gasteiger charge is -1.96. The van der Waals surface area contributed by atoms with Crippen molar-refractivity contribution < 1.29 is 4.39 Å². The Balaban J connectivity index is 1.82. The zero-order valence-electron chi connectivity index (χ0n) is 12.0. The van der Waals surface area contributed by atoms with E-state index >= 15 is 0 Å². The minimum Gasteiger partial charge on any atom is -0.350 e. The predicted octanol–water partition coefficient (Wildman–Crippen LogP) is 5.11. The van der Waals surface area contributed by atoms with Gasteiger partial charge in [0.2, 0.25) is 0 Å². The average molecular weight is 308 g/mol. The number of aryl methyl sites for hydroxylation is 1. The molecule has 0 amide bonds. The van der Waals surface area contributed by atoms with Crippen molar-refractivity contribution >= 4 is 22.2 Å². The number of hydrogen-bond acceptors (Lipinski definition) is 2. The Bertz CT molecular complexity index is 951. The molecule has 0 aliphatic rings. The molecule has 2 heterocycles. The lowest BCUT2D eigenvalue weighted by Crippen LogP contribution is -1.82. The van der Waals surface area contributed by atoms with Crippen LogP contribution in [0.3, 0.4) is 0 Å². The van der Waals surface area contributed by atoms with E-state index in [0.717, 1.165) is 21.8 Å². The van der Waals surface area contributed by atoms with Gasteiger partial charge in [-0.15, -0.1) is 11.3 Å². The second-order valence-corrected chi connectivity index (χ2v) is 6.07. The first kappa shape index (κ1) is 13.2. The van der Waals surface area contributed by atoms with Crippen LogP contribution in [0.2, 0.25) is 0 Å². The van der Waals surface area contributed by atoms with Crippen LogP contribution in [-0.2, 0) is 7.05 Å². The average Bonchev–Trinajstić information content (AvgIpc) is 3.14. The molecule has 2 aromatic carbocycles. The lowest BCUT2D eigenvalue weighted by atomic mass is 10.1. The molecule has 4 aromatic rings. The monoisotopic (exact) mass is 308 g/mol. The van der Waals surface area contributed by atoms with Crippen LogP contribution in [0, 0.1) is 5.82 Å². The van der Waals surface area contributed by atoms with E-state index in [9.17, 15) is 4.39 Å². The Labute approximate surface area is 131 Å². The lowest BCUT2D eigenvalue weighted by molar-refractivity contribution is 0.628. The number of aromatic nitrogens is 2. The molecular formula is C18H13FN2S. The summed E-state index contributed by atoms with van der Waals surface area (Å²) in [5.74, 6) is -0.227. The van der Waals surface area contributed by atoms with Gasteiger partial charge in [0, 0.05) is 40.7 Å². The van der Waals surface area contributed by atoms with Crippen molar-refractivity contribution in [2.75, 3.05) is 0 Å². The fourth-order valence-corrected chi connectivity index (χ4v) is 3.49. The van der Waals surface area contributed by atoms with Gasteiger partial charge in [0.15, 0.2) is 0 Å². The highest BCUT2D eigenvalue weighted by Gasteiger charge is 2.12. The number of benzene rings is 2. The smallest absolute Gasteiger partial charge is 0.124 e. The van der Waals surface area contributed by atoms with Crippen LogP contribution in [0.4, 0.5) is 4.39 Å². The normalized spacial score (nSPS) is 11.2. The number of fused-ring (bicyclic) bond motifs is 1. The van der Waals surface area contributed by atoms with Gasteiger partial charge in [-0.1, -0.05) is 18.2 Å². The Morgan fingerprint density at radius 2 is 1.82 bits per heavy atom. The van der Waals surface area contributed by atoms with E-state index in [1.165, 1.54) is 23.0 Å². The zero-order valence-corrected chi connectivity index (χ0v) is 12.8. The van der Waals surface area contributed by atoms with Gasteiger partial charge in [-0.2, -0.15) is 0 Å². The molecule has 0 bridgehead atoms. The topological polar surface area (TPSA) is 17.8 Å². The summed E-state index contributed by atoms with van der Waals surface area (Å²) in [5, 5.41) is 4.16. The molecule has 0 N–H and O–H groups in total. The van der Waals surface area contributed by atoms with E-state index in [-0.39, 0.29) is 5.82 Å².